The first-order chi connectivity index (χ1) is 17.6. The van der Waals surface area contributed by atoms with Crippen LogP contribution in [0.4, 0.5) is 4.79 Å². The van der Waals surface area contributed by atoms with Crippen molar-refractivity contribution in [2.24, 2.45) is 11.8 Å². The molecule has 1 aliphatic carbocycles. The van der Waals surface area contributed by atoms with Gasteiger partial charge < -0.3 is 14.8 Å². The van der Waals surface area contributed by atoms with Crippen LogP contribution in [0.2, 0.25) is 5.02 Å². The molecule has 1 saturated carbocycles. The van der Waals surface area contributed by atoms with E-state index in [2.05, 4.69) is 44.3 Å². The van der Waals surface area contributed by atoms with Crippen LogP contribution in [0, 0.1) is 18.8 Å². The van der Waals surface area contributed by atoms with E-state index in [1.807, 2.05) is 72.5 Å². The maximum Gasteiger partial charge on any atom is 0.318 e. The van der Waals surface area contributed by atoms with Gasteiger partial charge in [0.05, 0.1) is 18.6 Å². The number of hydrogen-bond donors (Lipinski definition) is 1. The molecule has 182 valence electrons. The Kier molecular flexibility index (Phi) is 5.97. The topological polar surface area (TPSA) is 63.1 Å². The monoisotopic (exact) mass is 497 g/mol. The van der Waals surface area contributed by atoms with Crippen LogP contribution >= 0.6 is 11.6 Å². The van der Waals surface area contributed by atoms with Gasteiger partial charge in [-0.2, -0.15) is 0 Å². The van der Waals surface area contributed by atoms with Crippen LogP contribution in [0.15, 0.2) is 84.9 Å². The normalized spacial score (nSPS) is 20.4. The van der Waals surface area contributed by atoms with Crippen LogP contribution in [0.3, 0.4) is 0 Å². The lowest BCUT2D eigenvalue weighted by Crippen LogP contribution is -2.43. The summed E-state index contributed by atoms with van der Waals surface area (Å²) in [6.07, 6.45) is 1.13. The van der Waals surface area contributed by atoms with Crippen molar-refractivity contribution in [3.05, 3.63) is 118 Å². The lowest BCUT2D eigenvalue weighted by molar-refractivity contribution is 0.176. The van der Waals surface area contributed by atoms with Gasteiger partial charge in [0.2, 0.25) is 0 Å². The molecule has 3 atom stereocenters. The molecule has 3 unspecified atom stereocenters. The zero-order valence-electron chi connectivity index (χ0n) is 20.1. The molecule has 36 heavy (non-hydrogen) atoms. The molecular formula is C29H28ClN5O. The highest BCUT2D eigenvalue weighted by molar-refractivity contribution is 6.30. The van der Waals surface area contributed by atoms with Crippen molar-refractivity contribution in [3.8, 4) is 0 Å². The number of rotatable bonds is 6. The molecule has 1 saturated heterocycles. The summed E-state index contributed by atoms with van der Waals surface area (Å²) in [4.78, 5) is 15.8. The van der Waals surface area contributed by atoms with Gasteiger partial charge in [0.1, 0.15) is 5.82 Å². The summed E-state index contributed by atoms with van der Waals surface area (Å²) in [5.74, 6) is 2.65. The Morgan fingerprint density at radius 2 is 1.61 bits per heavy atom. The van der Waals surface area contributed by atoms with Crippen LogP contribution in [-0.2, 0) is 6.54 Å². The molecule has 2 amide bonds. The highest BCUT2D eigenvalue weighted by atomic mass is 35.5. The van der Waals surface area contributed by atoms with E-state index in [1.54, 1.807) is 0 Å². The van der Waals surface area contributed by atoms with E-state index < -0.39 is 0 Å². The van der Waals surface area contributed by atoms with Gasteiger partial charge in [0.15, 0.2) is 5.82 Å². The van der Waals surface area contributed by atoms with Gasteiger partial charge in [-0.3, -0.25) is 0 Å². The molecule has 1 N–H and O–H groups in total. The molecule has 7 heteroatoms. The maximum absolute atomic E-state index is 13.8. The molecule has 0 spiro atoms. The first kappa shape index (κ1) is 22.8. The van der Waals surface area contributed by atoms with Gasteiger partial charge in [-0.25, -0.2) is 4.79 Å². The predicted molar refractivity (Wildman–Crippen MR) is 140 cm³/mol. The second-order valence-electron chi connectivity index (χ2n) is 9.78. The quantitative estimate of drug-likeness (QED) is 0.367. The molecular weight excluding hydrogens is 470 g/mol. The number of nitrogens with zero attached hydrogens (tertiary/aromatic N) is 4. The van der Waals surface area contributed by atoms with E-state index in [0.29, 0.717) is 23.4 Å². The Bertz CT molecular complexity index is 1320. The highest BCUT2D eigenvalue weighted by Crippen LogP contribution is 2.56. The van der Waals surface area contributed by atoms with E-state index in [1.165, 1.54) is 0 Å². The third kappa shape index (κ3) is 4.37. The van der Waals surface area contributed by atoms with E-state index in [0.717, 1.165) is 41.3 Å². The number of aromatic nitrogens is 3. The van der Waals surface area contributed by atoms with Gasteiger partial charge in [-0.1, -0.05) is 84.4 Å². The zero-order chi connectivity index (χ0) is 24.6. The molecule has 2 fully saturated rings. The third-order valence-corrected chi connectivity index (χ3v) is 7.68. The third-order valence-electron chi connectivity index (χ3n) is 7.43. The summed E-state index contributed by atoms with van der Waals surface area (Å²) in [7, 11) is 0. The molecule has 4 aromatic rings. The summed E-state index contributed by atoms with van der Waals surface area (Å²) in [6.45, 7) is 3.35. The second-order valence-corrected chi connectivity index (χ2v) is 10.2. The standard InChI is InChI=1S/C29H28ClN5O/c1-19-32-33-28(34(19)17-20-12-14-24(30)15-13-20)27-25-16-23(25)18-35(27)29(36)31-26(21-8-4-2-5-9-21)22-10-6-3-7-11-22/h2-15,23,25-27H,16-18H2,1H3,(H,31,36). The minimum atomic E-state index is -0.230. The molecule has 0 bridgehead atoms. The number of likely N-dealkylation sites (tertiary alicyclic amines) is 1. The molecule has 1 aliphatic heterocycles. The average Bonchev–Trinajstić information content (AvgIpc) is 3.45. The van der Waals surface area contributed by atoms with Gasteiger partial charge >= 0.3 is 6.03 Å². The Hall–Kier alpha value is -3.64. The number of benzene rings is 3. The fourth-order valence-electron chi connectivity index (χ4n) is 5.45. The first-order valence-corrected chi connectivity index (χ1v) is 12.8. The van der Waals surface area contributed by atoms with Gasteiger partial charge in [-0.15, -0.1) is 10.2 Å². The fraction of sp³-hybridized carbons (Fsp3) is 0.276. The predicted octanol–water partition coefficient (Wildman–Crippen LogP) is 5.78. The lowest BCUT2D eigenvalue weighted by atomic mass is 9.99. The lowest BCUT2D eigenvalue weighted by Gasteiger charge is -2.30. The molecule has 1 aromatic heterocycles. The summed E-state index contributed by atoms with van der Waals surface area (Å²) in [5.41, 5.74) is 3.23. The van der Waals surface area contributed by atoms with E-state index in [4.69, 9.17) is 11.6 Å². The second kappa shape index (κ2) is 9.43. The Labute approximate surface area is 215 Å². The number of aryl methyl sites for hydroxylation is 1. The number of carbonyl (C=O) groups is 1. The van der Waals surface area contributed by atoms with Crippen molar-refractivity contribution in [2.45, 2.75) is 32.0 Å². The van der Waals surface area contributed by atoms with E-state index in [9.17, 15) is 4.79 Å². The van der Waals surface area contributed by atoms with Crippen LogP contribution in [0.25, 0.3) is 0 Å². The minimum Gasteiger partial charge on any atom is -0.327 e. The first-order valence-electron chi connectivity index (χ1n) is 12.4. The summed E-state index contributed by atoms with van der Waals surface area (Å²) < 4.78 is 2.14. The van der Waals surface area contributed by atoms with Crippen LogP contribution in [-0.4, -0.2) is 32.2 Å². The van der Waals surface area contributed by atoms with Crippen LogP contribution in [0.1, 0.15) is 46.8 Å². The highest BCUT2D eigenvalue weighted by Gasteiger charge is 2.56. The molecule has 3 aromatic carbocycles. The summed E-state index contributed by atoms with van der Waals surface area (Å²) in [6, 6.07) is 27.7. The van der Waals surface area contributed by atoms with Crippen molar-refractivity contribution in [1.29, 1.82) is 0 Å². The SMILES string of the molecule is Cc1nnc(C2C3CC3CN2C(=O)NC(c2ccccc2)c2ccccc2)n1Cc1ccc(Cl)cc1. The minimum absolute atomic E-state index is 0.0661. The number of urea groups is 1. The Balaban J connectivity index is 1.29. The molecule has 2 aliphatic rings. The number of hydrogen-bond acceptors (Lipinski definition) is 3. The Morgan fingerprint density at radius 3 is 2.25 bits per heavy atom. The Morgan fingerprint density at radius 1 is 0.972 bits per heavy atom. The number of fused-ring (bicyclic) bond motifs is 1. The smallest absolute Gasteiger partial charge is 0.318 e. The molecule has 6 nitrogen and oxygen atoms in total. The van der Waals surface area contributed by atoms with Gasteiger partial charge in [0.25, 0.3) is 0 Å². The van der Waals surface area contributed by atoms with Crippen molar-refractivity contribution >= 4 is 17.6 Å². The number of piperidine rings is 1. The van der Waals surface area contributed by atoms with E-state index >= 15 is 0 Å². The van der Waals surface area contributed by atoms with Gasteiger partial charge in [0, 0.05) is 11.6 Å². The number of halogens is 1. The summed E-state index contributed by atoms with van der Waals surface area (Å²) in [5, 5.41) is 13.0. The van der Waals surface area contributed by atoms with Crippen molar-refractivity contribution in [3.63, 3.8) is 0 Å². The largest absolute Gasteiger partial charge is 0.327 e. The molecule has 2 heterocycles. The van der Waals surface area contributed by atoms with Crippen LogP contribution in [0.5, 0.6) is 0 Å². The average molecular weight is 498 g/mol. The molecule has 0 radical (unpaired) electrons. The molecule has 6 rings (SSSR count). The van der Waals surface area contributed by atoms with Crippen molar-refractivity contribution in [1.82, 2.24) is 25.0 Å². The zero-order valence-corrected chi connectivity index (χ0v) is 20.8. The number of nitrogens with one attached hydrogen (secondary N) is 1. The maximum atomic E-state index is 13.8. The van der Waals surface area contributed by atoms with Crippen molar-refractivity contribution < 1.29 is 4.79 Å². The van der Waals surface area contributed by atoms with Crippen LogP contribution < -0.4 is 5.32 Å². The van der Waals surface area contributed by atoms with E-state index in [-0.39, 0.29) is 18.1 Å². The summed E-state index contributed by atoms with van der Waals surface area (Å²) >= 11 is 6.09. The number of carbonyl (C=O) groups excluding carboxylic acids is 1. The van der Waals surface area contributed by atoms with Gasteiger partial charge in [-0.05, 0) is 54.0 Å². The van der Waals surface area contributed by atoms with Crippen molar-refractivity contribution in [2.75, 3.05) is 6.54 Å². The number of amides is 2. The fourth-order valence-corrected chi connectivity index (χ4v) is 5.57.